The van der Waals surface area contributed by atoms with Crippen molar-refractivity contribution >= 4 is 11.7 Å². The average Bonchev–Trinajstić information content (AvgIpc) is 3.28. The number of oxime groups is 1. The first-order valence-electron chi connectivity index (χ1n) is 6.71. The molecule has 1 saturated carbocycles. The van der Waals surface area contributed by atoms with Gasteiger partial charge in [0, 0.05) is 18.2 Å². The zero-order valence-electron chi connectivity index (χ0n) is 11.5. The molecule has 0 bridgehead atoms. The van der Waals surface area contributed by atoms with Gasteiger partial charge in [0.1, 0.15) is 0 Å². The molecule has 0 aromatic heterocycles. The maximum Gasteiger partial charge on any atom is 0.237 e. The molecular formula is C14H20N4O2. The standard InChI is InChI=1S/C14H20N4O2/c1-9(14(19)17-11-6-7-11)16-8-10-4-2-3-5-12(10)13(15)18-20/h2-5,9,11,16,20H,6-8H2,1H3,(H2,15,18)(H,17,19). The van der Waals surface area contributed by atoms with Crippen LogP contribution in [0.5, 0.6) is 0 Å². The van der Waals surface area contributed by atoms with E-state index in [0.29, 0.717) is 18.2 Å². The molecule has 1 amide bonds. The van der Waals surface area contributed by atoms with E-state index in [2.05, 4.69) is 15.8 Å². The van der Waals surface area contributed by atoms with Gasteiger partial charge in [0.05, 0.1) is 6.04 Å². The average molecular weight is 276 g/mol. The highest BCUT2D eigenvalue weighted by Gasteiger charge is 2.25. The van der Waals surface area contributed by atoms with Gasteiger partial charge in [-0.25, -0.2) is 0 Å². The van der Waals surface area contributed by atoms with E-state index in [-0.39, 0.29) is 17.8 Å². The van der Waals surface area contributed by atoms with E-state index >= 15 is 0 Å². The SMILES string of the molecule is CC(NCc1ccccc1/C(N)=N/O)C(=O)NC1CC1. The molecule has 2 rings (SSSR count). The van der Waals surface area contributed by atoms with Crippen LogP contribution in [0.2, 0.25) is 0 Å². The van der Waals surface area contributed by atoms with Gasteiger partial charge in [-0.3, -0.25) is 4.79 Å². The predicted molar refractivity (Wildman–Crippen MR) is 76.4 cm³/mol. The lowest BCUT2D eigenvalue weighted by Gasteiger charge is -2.15. The van der Waals surface area contributed by atoms with Crippen LogP contribution < -0.4 is 16.4 Å². The third-order valence-corrected chi connectivity index (χ3v) is 3.32. The minimum atomic E-state index is -0.282. The van der Waals surface area contributed by atoms with E-state index in [1.807, 2.05) is 25.1 Å². The third-order valence-electron chi connectivity index (χ3n) is 3.32. The summed E-state index contributed by atoms with van der Waals surface area (Å²) in [5.41, 5.74) is 7.18. The largest absolute Gasteiger partial charge is 0.409 e. The topological polar surface area (TPSA) is 99.7 Å². The van der Waals surface area contributed by atoms with Gasteiger partial charge in [-0.2, -0.15) is 0 Å². The van der Waals surface area contributed by atoms with Crippen molar-refractivity contribution in [2.24, 2.45) is 10.9 Å². The molecule has 0 radical (unpaired) electrons. The van der Waals surface area contributed by atoms with Crippen molar-refractivity contribution in [1.29, 1.82) is 0 Å². The summed E-state index contributed by atoms with van der Waals surface area (Å²) in [5, 5.41) is 17.9. The lowest BCUT2D eigenvalue weighted by molar-refractivity contribution is -0.122. The van der Waals surface area contributed by atoms with Crippen LogP contribution in [0.4, 0.5) is 0 Å². The molecule has 1 aromatic rings. The number of nitrogens with two attached hydrogens (primary N) is 1. The number of amides is 1. The second kappa shape index (κ2) is 6.38. The highest BCUT2D eigenvalue weighted by Crippen LogP contribution is 2.18. The second-order valence-corrected chi connectivity index (χ2v) is 5.03. The first-order chi connectivity index (χ1) is 9.61. The Morgan fingerprint density at radius 2 is 2.20 bits per heavy atom. The van der Waals surface area contributed by atoms with Gasteiger partial charge >= 0.3 is 0 Å². The minimum Gasteiger partial charge on any atom is -0.409 e. The number of hydrogen-bond donors (Lipinski definition) is 4. The van der Waals surface area contributed by atoms with E-state index in [4.69, 9.17) is 10.9 Å². The van der Waals surface area contributed by atoms with E-state index in [1.165, 1.54) is 0 Å². The van der Waals surface area contributed by atoms with Crippen LogP contribution in [0.15, 0.2) is 29.4 Å². The summed E-state index contributed by atoms with van der Waals surface area (Å²) in [6.07, 6.45) is 2.15. The molecule has 6 nitrogen and oxygen atoms in total. The molecule has 1 fully saturated rings. The molecule has 0 spiro atoms. The van der Waals surface area contributed by atoms with Gasteiger partial charge in [-0.1, -0.05) is 29.4 Å². The Morgan fingerprint density at radius 1 is 1.50 bits per heavy atom. The third kappa shape index (κ3) is 3.71. The number of nitrogens with one attached hydrogen (secondary N) is 2. The van der Waals surface area contributed by atoms with Crippen LogP contribution >= 0.6 is 0 Å². The van der Waals surface area contributed by atoms with Crippen LogP contribution in [0, 0.1) is 0 Å². The minimum absolute atomic E-state index is 0.00813. The van der Waals surface area contributed by atoms with E-state index in [9.17, 15) is 4.79 Å². The smallest absolute Gasteiger partial charge is 0.237 e. The molecule has 108 valence electrons. The summed E-state index contributed by atoms with van der Waals surface area (Å²) in [6, 6.07) is 7.43. The van der Waals surface area contributed by atoms with Crippen molar-refractivity contribution in [3.8, 4) is 0 Å². The highest BCUT2D eigenvalue weighted by molar-refractivity contribution is 5.98. The van der Waals surface area contributed by atoms with Crippen molar-refractivity contribution in [2.75, 3.05) is 0 Å². The molecule has 1 aliphatic carbocycles. The van der Waals surface area contributed by atoms with Crippen LogP contribution in [0.1, 0.15) is 30.9 Å². The summed E-state index contributed by atoms with van der Waals surface area (Å²) in [6.45, 7) is 2.30. The summed E-state index contributed by atoms with van der Waals surface area (Å²) >= 11 is 0. The fraction of sp³-hybridized carbons (Fsp3) is 0.429. The fourth-order valence-corrected chi connectivity index (χ4v) is 1.89. The number of carbonyl (C=O) groups excluding carboxylic acids is 1. The van der Waals surface area contributed by atoms with Gasteiger partial charge in [-0.15, -0.1) is 0 Å². The molecule has 1 aliphatic rings. The van der Waals surface area contributed by atoms with Crippen LogP contribution in [0.25, 0.3) is 0 Å². The highest BCUT2D eigenvalue weighted by atomic mass is 16.4. The first-order valence-corrected chi connectivity index (χ1v) is 6.71. The summed E-state index contributed by atoms with van der Waals surface area (Å²) < 4.78 is 0. The molecule has 1 unspecified atom stereocenters. The maximum atomic E-state index is 11.8. The lowest BCUT2D eigenvalue weighted by Crippen LogP contribution is -2.42. The lowest BCUT2D eigenvalue weighted by atomic mass is 10.1. The van der Waals surface area contributed by atoms with Crippen molar-refractivity contribution in [3.05, 3.63) is 35.4 Å². The van der Waals surface area contributed by atoms with E-state index in [1.54, 1.807) is 6.07 Å². The van der Waals surface area contributed by atoms with Crippen LogP contribution in [0.3, 0.4) is 0 Å². The molecule has 0 heterocycles. The van der Waals surface area contributed by atoms with Gasteiger partial charge in [0.2, 0.25) is 5.91 Å². The Hall–Kier alpha value is -2.08. The Bertz CT molecular complexity index is 512. The second-order valence-electron chi connectivity index (χ2n) is 5.03. The molecule has 1 atom stereocenters. The van der Waals surface area contributed by atoms with E-state index < -0.39 is 0 Å². The molecule has 1 aromatic carbocycles. The summed E-state index contributed by atoms with van der Waals surface area (Å²) in [7, 11) is 0. The van der Waals surface area contributed by atoms with E-state index in [0.717, 1.165) is 18.4 Å². The van der Waals surface area contributed by atoms with Crippen molar-refractivity contribution in [3.63, 3.8) is 0 Å². The Labute approximate surface area is 118 Å². The number of nitrogens with zero attached hydrogens (tertiary/aromatic N) is 1. The quantitative estimate of drug-likeness (QED) is 0.264. The van der Waals surface area contributed by atoms with Gasteiger partial charge < -0.3 is 21.6 Å². The summed E-state index contributed by atoms with van der Waals surface area (Å²) in [4.78, 5) is 11.8. The number of rotatable bonds is 6. The number of amidine groups is 1. The molecule has 5 N–H and O–H groups in total. The normalized spacial score (nSPS) is 16.8. The number of hydrogen-bond acceptors (Lipinski definition) is 4. The molecule has 0 aliphatic heterocycles. The molecule has 6 heteroatoms. The summed E-state index contributed by atoms with van der Waals surface area (Å²) in [5.74, 6) is 0.0752. The Morgan fingerprint density at radius 3 is 2.85 bits per heavy atom. The molecular weight excluding hydrogens is 256 g/mol. The number of carbonyl (C=O) groups is 1. The first kappa shape index (κ1) is 14.3. The van der Waals surface area contributed by atoms with Gasteiger partial charge in [0.25, 0.3) is 0 Å². The van der Waals surface area contributed by atoms with Crippen molar-refractivity contribution in [2.45, 2.75) is 38.4 Å². The monoisotopic (exact) mass is 276 g/mol. The van der Waals surface area contributed by atoms with Crippen molar-refractivity contribution < 1.29 is 10.0 Å². The maximum absolute atomic E-state index is 11.8. The Kier molecular flexibility index (Phi) is 4.57. The Balaban J connectivity index is 1.94. The van der Waals surface area contributed by atoms with Crippen molar-refractivity contribution in [1.82, 2.24) is 10.6 Å². The zero-order valence-corrected chi connectivity index (χ0v) is 11.5. The van der Waals surface area contributed by atoms with Gasteiger partial charge in [0.15, 0.2) is 5.84 Å². The predicted octanol–water partition coefficient (Wildman–Crippen LogP) is 0.538. The zero-order chi connectivity index (χ0) is 14.5. The molecule has 0 saturated heterocycles. The van der Waals surface area contributed by atoms with Crippen LogP contribution in [-0.2, 0) is 11.3 Å². The number of benzene rings is 1. The molecule has 20 heavy (non-hydrogen) atoms. The van der Waals surface area contributed by atoms with Crippen LogP contribution in [-0.4, -0.2) is 29.0 Å². The van der Waals surface area contributed by atoms with Gasteiger partial charge in [-0.05, 0) is 25.3 Å². The fourth-order valence-electron chi connectivity index (χ4n) is 1.89.